The normalized spacial score (nSPS) is 43.9. The third-order valence-electron chi connectivity index (χ3n) is 3.06. The summed E-state index contributed by atoms with van der Waals surface area (Å²) in [5.74, 6) is 0.137. The Bertz CT molecular complexity index is 175. The molecule has 0 aliphatic carbocycles. The van der Waals surface area contributed by atoms with Crippen molar-refractivity contribution in [1.82, 2.24) is 0 Å². The lowest BCUT2D eigenvalue weighted by Gasteiger charge is -2.42. The molecule has 1 rings (SSSR count). The Morgan fingerprint density at radius 3 is 2.64 bits per heavy atom. The molecule has 1 aliphatic heterocycles. The molecule has 84 valence electrons. The van der Waals surface area contributed by atoms with Crippen LogP contribution in [0.4, 0.5) is 0 Å². The molecule has 1 saturated heterocycles. The van der Waals surface area contributed by atoms with Gasteiger partial charge in [-0.25, -0.2) is 0 Å². The molecule has 0 spiro atoms. The van der Waals surface area contributed by atoms with Gasteiger partial charge >= 0.3 is 0 Å². The number of aliphatic hydroxyl groups is 1. The number of ether oxygens (including phenoxy) is 2. The summed E-state index contributed by atoms with van der Waals surface area (Å²) < 4.78 is 10.7. The Kier molecular flexibility index (Phi) is 4.31. The zero-order valence-electron chi connectivity index (χ0n) is 9.14. The van der Waals surface area contributed by atoms with Crippen LogP contribution in [-0.2, 0) is 9.47 Å². The van der Waals surface area contributed by atoms with Crippen LogP contribution in [0.25, 0.3) is 0 Å². The lowest BCUT2D eigenvalue weighted by molar-refractivity contribution is -0.156. The zero-order valence-corrected chi connectivity index (χ0v) is 9.14. The summed E-state index contributed by atoms with van der Waals surface area (Å²) in [6.45, 7) is 4.46. The molecule has 0 bridgehead atoms. The quantitative estimate of drug-likeness (QED) is 0.684. The summed E-state index contributed by atoms with van der Waals surface area (Å²) in [6, 6.07) is -0.337. The number of rotatable bonds is 3. The zero-order chi connectivity index (χ0) is 10.7. The largest absolute Gasteiger partial charge is 0.391 e. The van der Waals surface area contributed by atoms with E-state index in [1.807, 2.05) is 13.8 Å². The minimum atomic E-state index is -0.483. The molecule has 1 aliphatic rings. The van der Waals surface area contributed by atoms with Gasteiger partial charge in [-0.1, -0.05) is 6.92 Å². The van der Waals surface area contributed by atoms with E-state index in [9.17, 15) is 5.11 Å². The molecule has 0 aromatic heterocycles. The van der Waals surface area contributed by atoms with E-state index in [-0.39, 0.29) is 24.2 Å². The smallest absolute Gasteiger partial charge is 0.0987 e. The molecule has 3 N–H and O–H groups in total. The number of methoxy groups -OCH3 is 1. The van der Waals surface area contributed by atoms with Crippen LogP contribution in [0, 0.1) is 5.92 Å². The van der Waals surface area contributed by atoms with Crippen molar-refractivity contribution < 1.29 is 14.6 Å². The average molecular weight is 203 g/mol. The predicted octanol–water partition coefficient (Wildman–Crippen LogP) is 0.135. The second kappa shape index (κ2) is 5.07. The van der Waals surface area contributed by atoms with Crippen LogP contribution < -0.4 is 5.73 Å². The van der Waals surface area contributed by atoms with Crippen molar-refractivity contribution in [2.75, 3.05) is 13.7 Å². The summed E-state index contributed by atoms with van der Waals surface area (Å²) in [5, 5.41) is 9.94. The van der Waals surface area contributed by atoms with Gasteiger partial charge < -0.3 is 20.3 Å². The second-order valence-electron chi connectivity index (χ2n) is 3.98. The standard InChI is InChI=1S/C10H21NO3/c1-4-7-6(2)14-8(5-13-3)9(11)10(7)12/h6-10,12H,4-5,11H2,1-3H3. The lowest BCUT2D eigenvalue weighted by atomic mass is 9.84. The molecule has 5 unspecified atom stereocenters. The SMILES string of the molecule is CCC1C(C)OC(COC)C(N)C1O. The first kappa shape index (κ1) is 11.9. The third-order valence-corrected chi connectivity index (χ3v) is 3.06. The highest BCUT2D eigenvalue weighted by Gasteiger charge is 2.40. The first-order chi connectivity index (χ1) is 6.61. The van der Waals surface area contributed by atoms with E-state index >= 15 is 0 Å². The number of nitrogens with two attached hydrogens (primary N) is 1. The van der Waals surface area contributed by atoms with Crippen LogP contribution in [-0.4, -0.2) is 43.2 Å². The van der Waals surface area contributed by atoms with E-state index in [1.54, 1.807) is 7.11 Å². The molecule has 0 aromatic carbocycles. The molecular formula is C10H21NO3. The summed E-state index contributed by atoms with van der Waals surface area (Å²) in [5.41, 5.74) is 5.88. The van der Waals surface area contributed by atoms with Crippen molar-refractivity contribution in [1.29, 1.82) is 0 Å². The van der Waals surface area contributed by atoms with E-state index < -0.39 is 6.10 Å². The van der Waals surface area contributed by atoms with Crippen LogP contribution in [0.3, 0.4) is 0 Å². The molecule has 0 amide bonds. The van der Waals surface area contributed by atoms with Crippen LogP contribution >= 0.6 is 0 Å². The molecule has 5 atom stereocenters. The molecule has 0 saturated carbocycles. The van der Waals surface area contributed by atoms with Gasteiger partial charge in [-0.3, -0.25) is 0 Å². The van der Waals surface area contributed by atoms with Crippen molar-refractivity contribution in [2.45, 2.75) is 44.6 Å². The van der Waals surface area contributed by atoms with Crippen molar-refractivity contribution >= 4 is 0 Å². The summed E-state index contributed by atoms with van der Waals surface area (Å²) >= 11 is 0. The molecule has 1 heterocycles. The van der Waals surface area contributed by atoms with Crippen molar-refractivity contribution in [3.8, 4) is 0 Å². The fraction of sp³-hybridized carbons (Fsp3) is 1.00. The van der Waals surface area contributed by atoms with Crippen LogP contribution in [0.2, 0.25) is 0 Å². The van der Waals surface area contributed by atoms with Crippen LogP contribution in [0.15, 0.2) is 0 Å². The van der Waals surface area contributed by atoms with Crippen molar-refractivity contribution in [2.24, 2.45) is 11.7 Å². The highest BCUT2D eigenvalue weighted by atomic mass is 16.5. The fourth-order valence-electron chi connectivity index (χ4n) is 2.14. The average Bonchev–Trinajstić information content (AvgIpc) is 2.15. The number of aliphatic hydroxyl groups excluding tert-OH is 1. The molecule has 1 fully saturated rings. The highest BCUT2D eigenvalue weighted by Crippen LogP contribution is 2.27. The van der Waals surface area contributed by atoms with Gasteiger partial charge in [0, 0.05) is 13.0 Å². The number of hydrogen-bond acceptors (Lipinski definition) is 4. The summed E-state index contributed by atoms with van der Waals surface area (Å²) in [4.78, 5) is 0. The van der Waals surface area contributed by atoms with Crippen molar-refractivity contribution in [3.05, 3.63) is 0 Å². The summed E-state index contributed by atoms with van der Waals surface area (Å²) in [6.07, 6.45) is 0.266. The maximum absolute atomic E-state index is 9.94. The first-order valence-electron chi connectivity index (χ1n) is 5.19. The van der Waals surface area contributed by atoms with Gasteiger partial charge in [0.15, 0.2) is 0 Å². The van der Waals surface area contributed by atoms with Gasteiger partial charge in [-0.15, -0.1) is 0 Å². The number of hydrogen-bond donors (Lipinski definition) is 2. The maximum Gasteiger partial charge on any atom is 0.0987 e. The topological polar surface area (TPSA) is 64.7 Å². The fourth-order valence-corrected chi connectivity index (χ4v) is 2.14. The van der Waals surface area contributed by atoms with Gasteiger partial charge in [0.05, 0.1) is 31.0 Å². The Hall–Kier alpha value is -0.160. The van der Waals surface area contributed by atoms with Gasteiger partial charge in [0.1, 0.15) is 0 Å². The van der Waals surface area contributed by atoms with E-state index in [1.165, 1.54) is 0 Å². The van der Waals surface area contributed by atoms with E-state index in [0.717, 1.165) is 6.42 Å². The lowest BCUT2D eigenvalue weighted by Crippen LogP contribution is -2.58. The minimum Gasteiger partial charge on any atom is -0.391 e. The van der Waals surface area contributed by atoms with Gasteiger partial charge in [-0.05, 0) is 13.3 Å². The first-order valence-corrected chi connectivity index (χ1v) is 5.19. The Morgan fingerprint density at radius 1 is 1.50 bits per heavy atom. The molecule has 0 aromatic rings. The van der Waals surface area contributed by atoms with Crippen LogP contribution in [0.1, 0.15) is 20.3 Å². The molecule has 14 heavy (non-hydrogen) atoms. The predicted molar refractivity (Wildman–Crippen MR) is 54.0 cm³/mol. The Morgan fingerprint density at radius 2 is 2.14 bits per heavy atom. The Labute approximate surface area is 85.4 Å². The van der Waals surface area contributed by atoms with Crippen molar-refractivity contribution in [3.63, 3.8) is 0 Å². The monoisotopic (exact) mass is 203 g/mol. The van der Waals surface area contributed by atoms with E-state index in [0.29, 0.717) is 6.61 Å². The molecule has 4 nitrogen and oxygen atoms in total. The molecule has 4 heteroatoms. The van der Waals surface area contributed by atoms with Gasteiger partial charge in [0.2, 0.25) is 0 Å². The maximum atomic E-state index is 9.94. The molecular weight excluding hydrogens is 182 g/mol. The highest BCUT2D eigenvalue weighted by molar-refractivity contribution is 4.92. The van der Waals surface area contributed by atoms with Crippen LogP contribution in [0.5, 0.6) is 0 Å². The summed E-state index contributed by atoms with van der Waals surface area (Å²) in [7, 11) is 1.61. The van der Waals surface area contributed by atoms with E-state index in [2.05, 4.69) is 0 Å². The molecule has 0 radical (unpaired) electrons. The van der Waals surface area contributed by atoms with Gasteiger partial charge in [-0.2, -0.15) is 0 Å². The minimum absolute atomic E-state index is 0.0509. The van der Waals surface area contributed by atoms with E-state index in [4.69, 9.17) is 15.2 Å². The Balaban J connectivity index is 2.62. The second-order valence-corrected chi connectivity index (χ2v) is 3.98. The third kappa shape index (κ3) is 2.25. The van der Waals surface area contributed by atoms with Gasteiger partial charge in [0.25, 0.3) is 0 Å².